The van der Waals surface area contributed by atoms with Gasteiger partial charge in [-0.1, -0.05) is 18.2 Å². The van der Waals surface area contributed by atoms with Crippen LogP contribution in [-0.4, -0.2) is 43.3 Å². The van der Waals surface area contributed by atoms with Gasteiger partial charge in [0.05, 0.1) is 12.3 Å². The maximum atomic E-state index is 13.0. The van der Waals surface area contributed by atoms with Crippen molar-refractivity contribution in [2.75, 3.05) is 25.0 Å². The number of hydrogen-bond donors (Lipinski definition) is 1. The molecule has 5 rings (SSSR count). The van der Waals surface area contributed by atoms with Crippen molar-refractivity contribution in [1.29, 1.82) is 0 Å². The van der Waals surface area contributed by atoms with Gasteiger partial charge in [-0.3, -0.25) is 9.78 Å². The van der Waals surface area contributed by atoms with E-state index in [9.17, 15) is 13.2 Å². The minimum atomic E-state index is -3.49. The molecule has 4 heterocycles. The summed E-state index contributed by atoms with van der Waals surface area (Å²) in [5, 5.41) is 4.80. The zero-order valence-electron chi connectivity index (χ0n) is 18.0. The van der Waals surface area contributed by atoms with Crippen LogP contribution in [0.5, 0.6) is 5.75 Å². The van der Waals surface area contributed by atoms with Gasteiger partial charge in [0, 0.05) is 37.5 Å². The molecule has 172 valence electrons. The number of pyridine rings is 1. The summed E-state index contributed by atoms with van der Waals surface area (Å²) in [6.07, 6.45) is 5.23. The SMILES string of the molecule is O=C1C[C@@H]2CCN(S(=O)(=O)c3cccs3)C[C@@H]2CCOc2ccc(-c3cccnc3)cc2N1. The molecule has 1 N–H and O–H groups in total. The van der Waals surface area contributed by atoms with Gasteiger partial charge in [0.1, 0.15) is 9.96 Å². The van der Waals surface area contributed by atoms with E-state index >= 15 is 0 Å². The van der Waals surface area contributed by atoms with Crippen molar-refractivity contribution in [2.24, 2.45) is 11.8 Å². The van der Waals surface area contributed by atoms with Crippen LogP contribution in [0.1, 0.15) is 19.3 Å². The molecule has 1 fully saturated rings. The van der Waals surface area contributed by atoms with E-state index in [0.717, 1.165) is 11.1 Å². The molecule has 0 radical (unpaired) electrons. The Morgan fingerprint density at radius 2 is 2.00 bits per heavy atom. The first-order valence-corrected chi connectivity index (χ1v) is 13.3. The molecule has 1 amide bonds. The number of nitrogens with zero attached hydrogens (tertiary/aromatic N) is 2. The number of fused-ring (bicyclic) bond motifs is 2. The highest BCUT2D eigenvalue weighted by molar-refractivity contribution is 7.91. The molecule has 0 saturated carbocycles. The van der Waals surface area contributed by atoms with Crippen molar-refractivity contribution in [1.82, 2.24) is 9.29 Å². The summed E-state index contributed by atoms with van der Waals surface area (Å²) in [4.78, 5) is 17.1. The lowest BCUT2D eigenvalue weighted by Gasteiger charge is -2.38. The predicted octanol–water partition coefficient (Wildman–Crippen LogP) is 4.25. The fourth-order valence-corrected chi connectivity index (χ4v) is 7.28. The van der Waals surface area contributed by atoms with Gasteiger partial charge in [0.15, 0.2) is 0 Å². The predicted molar refractivity (Wildman–Crippen MR) is 128 cm³/mol. The molecule has 0 unspecified atom stereocenters. The first kappa shape index (κ1) is 22.1. The number of anilines is 1. The molecule has 0 spiro atoms. The van der Waals surface area contributed by atoms with Crippen LogP contribution in [0, 0.1) is 11.8 Å². The van der Waals surface area contributed by atoms with Crippen molar-refractivity contribution < 1.29 is 17.9 Å². The Kier molecular flexibility index (Phi) is 6.18. The van der Waals surface area contributed by atoms with Gasteiger partial charge in [0.2, 0.25) is 5.91 Å². The molecule has 2 aromatic heterocycles. The van der Waals surface area contributed by atoms with Crippen LogP contribution >= 0.6 is 11.3 Å². The molecule has 0 aliphatic carbocycles. The molecule has 2 aliphatic rings. The van der Waals surface area contributed by atoms with Crippen LogP contribution in [-0.2, 0) is 14.8 Å². The number of ether oxygens (including phenoxy) is 1. The van der Waals surface area contributed by atoms with Crippen LogP contribution < -0.4 is 10.1 Å². The average molecular weight is 484 g/mol. The summed E-state index contributed by atoms with van der Waals surface area (Å²) >= 11 is 1.24. The summed E-state index contributed by atoms with van der Waals surface area (Å²) in [5.41, 5.74) is 2.57. The molecule has 2 atom stereocenters. The van der Waals surface area contributed by atoms with E-state index < -0.39 is 10.0 Å². The summed E-state index contributed by atoms with van der Waals surface area (Å²) in [7, 11) is -3.49. The number of nitrogens with one attached hydrogen (secondary N) is 1. The van der Waals surface area contributed by atoms with Crippen molar-refractivity contribution in [3.05, 3.63) is 60.2 Å². The monoisotopic (exact) mass is 483 g/mol. The second-order valence-corrected chi connectivity index (χ2v) is 11.6. The molecule has 3 aromatic rings. The smallest absolute Gasteiger partial charge is 0.252 e. The number of rotatable bonds is 3. The third-order valence-corrected chi connectivity index (χ3v) is 9.62. The Morgan fingerprint density at radius 1 is 1.09 bits per heavy atom. The van der Waals surface area contributed by atoms with Crippen LogP contribution in [0.2, 0.25) is 0 Å². The van der Waals surface area contributed by atoms with Crippen molar-refractivity contribution in [2.45, 2.75) is 23.5 Å². The Bertz CT molecular complexity index is 1230. The van der Waals surface area contributed by atoms with Gasteiger partial charge in [-0.2, -0.15) is 4.31 Å². The van der Waals surface area contributed by atoms with Crippen molar-refractivity contribution in [3.8, 4) is 16.9 Å². The minimum absolute atomic E-state index is 0.0652. The maximum Gasteiger partial charge on any atom is 0.252 e. The van der Waals surface area contributed by atoms with E-state index in [1.54, 1.807) is 34.2 Å². The number of aromatic nitrogens is 1. The second-order valence-electron chi connectivity index (χ2n) is 8.45. The van der Waals surface area contributed by atoms with Gasteiger partial charge >= 0.3 is 0 Å². The maximum absolute atomic E-state index is 13.0. The van der Waals surface area contributed by atoms with E-state index in [-0.39, 0.29) is 17.7 Å². The van der Waals surface area contributed by atoms with Crippen LogP contribution in [0.3, 0.4) is 0 Å². The van der Waals surface area contributed by atoms with Gasteiger partial charge < -0.3 is 10.1 Å². The Balaban J connectivity index is 1.35. The first-order valence-electron chi connectivity index (χ1n) is 11.0. The summed E-state index contributed by atoms with van der Waals surface area (Å²) in [5.74, 6) is 0.727. The number of piperidine rings is 1. The number of benzene rings is 1. The lowest BCUT2D eigenvalue weighted by Crippen LogP contribution is -2.45. The van der Waals surface area contributed by atoms with Gasteiger partial charge in [-0.05, 0) is 59.9 Å². The summed E-state index contributed by atoms with van der Waals surface area (Å²) in [6.45, 7) is 1.30. The number of thiophene rings is 1. The molecule has 1 saturated heterocycles. The highest BCUT2D eigenvalue weighted by Gasteiger charge is 2.37. The second kappa shape index (κ2) is 9.24. The fraction of sp³-hybridized carbons (Fsp3) is 0.333. The van der Waals surface area contributed by atoms with E-state index in [1.807, 2.05) is 30.3 Å². The third-order valence-electron chi connectivity index (χ3n) is 6.39. The lowest BCUT2D eigenvalue weighted by molar-refractivity contribution is -0.117. The number of carbonyl (C=O) groups is 1. The third kappa shape index (κ3) is 4.66. The standard InChI is InChI=1S/C24H25N3O4S2/c28-23-14-18-7-10-27(33(29,30)24-4-2-12-32-24)16-20(18)8-11-31-22-6-5-17(13-21(22)26-23)19-3-1-9-25-15-19/h1-6,9,12-13,15,18,20H,7-8,10-11,14,16H2,(H,26,28)/t18-,20-/m0/s1. The number of sulfonamides is 1. The Labute approximate surface area is 197 Å². The summed E-state index contributed by atoms with van der Waals surface area (Å²) in [6, 6.07) is 13.0. The van der Waals surface area contributed by atoms with E-state index in [0.29, 0.717) is 54.6 Å². The zero-order chi connectivity index (χ0) is 22.8. The molecular weight excluding hydrogens is 458 g/mol. The molecular formula is C24H25N3O4S2. The van der Waals surface area contributed by atoms with Gasteiger partial charge in [0.25, 0.3) is 10.0 Å². The minimum Gasteiger partial charge on any atom is -0.491 e. The topological polar surface area (TPSA) is 88.6 Å². The number of hydrogen-bond acceptors (Lipinski definition) is 6. The van der Waals surface area contributed by atoms with E-state index in [2.05, 4.69) is 10.3 Å². The number of amides is 1. The fourth-order valence-electron chi connectivity index (χ4n) is 4.63. The van der Waals surface area contributed by atoms with E-state index in [4.69, 9.17) is 4.74 Å². The lowest BCUT2D eigenvalue weighted by atomic mass is 9.82. The molecule has 0 bridgehead atoms. The van der Waals surface area contributed by atoms with Gasteiger partial charge in [-0.25, -0.2) is 8.42 Å². The molecule has 9 heteroatoms. The normalized spacial score (nSPS) is 21.9. The quantitative estimate of drug-likeness (QED) is 0.602. The Morgan fingerprint density at radius 3 is 2.79 bits per heavy atom. The highest BCUT2D eigenvalue weighted by atomic mass is 32.2. The molecule has 1 aromatic carbocycles. The molecule has 33 heavy (non-hydrogen) atoms. The van der Waals surface area contributed by atoms with Crippen LogP contribution in [0.4, 0.5) is 5.69 Å². The average Bonchev–Trinajstić information content (AvgIpc) is 3.37. The Hall–Kier alpha value is -2.75. The highest BCUT2D eigenvalue weighted by Crippen LogP contribution is 2.36. The van der Waals surface area contributed by atoms with E-state index in [1.165, 1.54) is 11.3 Å². The zero-order valence-corrected chi connectivity index (χ0v) is 19.6. The first-order chi connectivity index (χ1) is 16.0. The van der Waals surface area contributed by atoms with Crippen molar-refractivity contribution >= 4 is 33.0 Å². The largest absolute Gasteiger partial charge is 0.491 e. The van der Waals surface area contributed by atoms with Crippen LogP contribution in [0.15, 0.2) is 64.4 Å². The van der Waals surface area contributed by atoms with Gasteiger partial charge in [-0.15, -0.1) is 11.3 Å². The molecule has 2 aliphatic heterocycles. The van der Waals surface area contributed by atoms with Crippen molar-refractivity contribution in [3.63, 3.8) is 0 Å². The summed E-state index contributed by atoms with van der Waals surface area (Å²) < 4.78 is 34.0. The number of carbonyl (C=O) groups excluding carboxylic acids is 1. The molecule has 7 nitrogen and oxygen atoms in total. The van der Waals surface area contributed by atoms with Crippen LogP contribution in [0.25, 0.3) is 11.1 Å².